The zero-order valence-corrected chi connectivity index (χ0v) is 20.5. The van der Waals surface area contributed by atoms with E-state index >= 15 is 0 Å². The Balaban J connectivity index is 1.37. The Kier molecular flexibility index (Phi) is 8.62. The van der Waals surface area contributed by atoms with Crippen LogP contribution in [0.1, 0.15) is 36.9 Å². The van der Waals surface area contributed by atoms with Crippen molar-refractivity contribution in [3.8, 4) is 0 Å². The molecule has 2 N–H and O–H groups in total. The first-order valence-electron chi connectivity index (χ1n) is 12.4. The SMILES string of the molecule is Cc1nn(CCN2CCOCC2)cc1Nc1ncc(C(F)(F)F)c(NCCCN2CCCCC2=O)n1. The Morgan fingerprint density at radius 1 is 1.11 bits per heavy atom. The second kappa shape index (κ2) is 11.9. The molecule has 2 aromatic heterocycles. The van der Waals surface area contributed by atoms with Gasteiger partial charge in [-0.2, -0.15) is 23.3 Å². The van der Waals surface area contributed by atoms with Gasteiger partial charge < -0.3 is 20.3 Å². The van der Waals surface area contributed by atoms with Crippen LogP contribution in [0.3, 0.4) is 0 Å². The Morgan fingerprint density at radius 2 is 1.92 bits per heavy atom. The van der Waals surface area contributed by atoms with Crippen molar-refractivity contribution in [2.45, 2.75) is 45.3 Å². The molecular formula is C23H33F3N8O2. The zero-order valence-electron chi connectivity index (χ0n) is 20.5. The molecule has 4 heterocycles. The molecule has 0 saturated carbocycles. The first-order chi connectivity index (χ1) is 17.3. The zero-order chi connectivity index (χ0) is 25.5. The summed E-state index contributed by atoms with van der Waals surface area (Å²) >= 11 is 0. The third-order valence-corrected chi connectivity index (χ3v) is 6.35. The molecule has 0 unspecified atom stereocenters. The maximum atomic E-state index is 13.5. The highest BCUT2D eigenvalue weighted by molar-refractivity contribution is 5.76. The molecule has 2 aliphatic rings. The number of ether oxygens (including phenoxy) is 1. The number of hydrogen-bond donors (Lipinski definition) is 2. The summed E-state index contributed by atoms with van der Waals surface area (Å²) in [5.41, 5.74) is 0.396. The number of nitrogens with one attached hydrogen (secondary N) is 2. The fourth-order valence-electron chi connectivity index (χ4n) is 4.30. The summed E-state index contributed by atoms with van der Waals surface area (Å²) in [6, 6.07) is 0. The number of halogens is 3. The van der Waals surface area contributed by atoms with E-state index in [1.54, 1.807) is 15.8 Å². The van der Waals surface area contributed by atoms with E-state index in [4.69, 9.17) is 4.74 Å². The van der Waals surface area contributed by atoms with Crippen LogP contribution < -0.4 is 10.6 Å². The van der Waals surface area contributed by atoms with Crippen LogP contribution in [-0.2, 0) is 22.3 Å². The number of morpholine rings is 1. The molecule has 13 heteroatoms. The molecule has 0 aromatic carbocycles. The number of aromatic nitrogens is 4. The van der Waals surface area contributed by atoms with E-state index in [9.17, 15) is 18.0 Å². The van der Waals surface area contributed by atoms with Gasteiger partial charge in [0, 0.05) is 58.1 Å². The van der Waals surface area contributed by atoms with Gasteiger partial charge in [0.2, 0.25) is 11.9 Å². The fraction of sp³-hybridized carbons (Fsp3) is 0.652. The highest BCUT2D eigenvalue weighted by Crippen LogP contribution is 2.34. The summed E-state index contributed by atoms with van der Waals surface area (Å²) in [6.45, 7) is 8.01. The molecule has 0 atom stereocenters. The van der Waals surface area contributed by atoms with Gasteiger partial charge in [0.25, 0.3) is 0 Å². The first-order valence-corrected chi connectivity index (χ1v) is 12.4. The van der Waals surface area contributed by atoms with Gasteiger partial charge in [-0.25, -0.2) is 4.98 Å². The van der Waals surface area contributed by atoms with Gasteiger partial charge in [-0.05, 0) is 26.2 Å². The van der Waals surface area contributed by atoms with Gasteiger partial charge >= 0.3 is 6.18 Å². The van der Waals surface area contributed by atoms with Crippen LogP contribution in [0.15, 0.2) is 12.4 Å². The van der Waals surface area contributed by atoms with Crippen LogP contribution in [0, 0.1) is 6.92 Å². The lowest BCUT2D eigenvalue weighted by Gasteiger charge is -2.26. The molecule has 4 rings (SSSR count). The van der Waals surface area contributed by atoms with Gasteiger partial charge in [0.15, 0.2) is 0 Å². The second-order valence-electron chi connectivity index (χ2n) is 9.04. The minimum atomic E-state index is -4.59. The van der Waals surface area contributed by atoms with Crippen molar-refractivity contribution in [2.24, 2.45) is 0 Å². The lowest BCUT2D eigenvalue weighted by Crippen LogP contribution is -2.38. The number of carbonyl (C=O) groups is 1. The monoisotopic (exact) mass is 510 g/mol. The van der Waals surface area contributed by atoms with E-state index in [0.29, 0.717) is 43.9 Å². The van der Waals surface area contributed by atoms with Gasteiger partial charge in [-0.15, -0.1) is 0 Å². The maximum absolute atomic E-state index is 13.5. The van der Waals surface area contributed by atoms with Crippen LogP contribution >= 0.6 is 0 Å². The fourth-order valence-corrected chi connectivity index (χ4v) is 4.30. The molecule has 198 valence electrons. The van der Waals surface area contributed by atoms with Crippen molar-refractivity contribution in [1.29, 1.82) is 0 Å². The van der Waals surface area contributed by atoms with E-state index < -0.39 is 11.7 Å². The van der Waals surface area contributed by atoms with E-state index in [0.717, 1.165) is 51.9 Å². The van der Waals surface area contributed by atoms with Crippen LogP contribution in [0.25, 0.3) is 0 Å². The van der Waals surface area contributed by atoms with Gasteiger partial charge in [-0.1, -0.05) is 0 Å². The minimum absolute atomic E-state index is 0.0486. The van der Waals surface area contributed by atoms with Crippen molar-refractivity contribution >= 4 is 23.4 Å². The number of amides is 1. The lowest BCUT2D eigenvalue weighted by molar-refractivity contribution is -0.137. The normalized spacial score (nSPS) is 17.4. The average Bonchev–Trinajstić information content (AvgIpc) is 3.20. The number of piperidine rings is 1. The number of nitrogens with zero attached hydrogens (tertiary/aromatic N) is 6. The molecule has 2 aliphatic heterocycles. The van der Waals surface area contributed by atoms with E-state index in [-0.39, 0.29) is 24.2 Å². The third-order valence-electron chi connectivity index (χ3n) is 6.35. The Bertz CT molecular complexity index is 1020. The second-order valence-corrected chi connectivity index (χ2v) is 9.04. The van der Waals surface area contributed by atoms with Crippen LogP contribution in [-0.4, -0.2) is 87.9 Å². The summed E-state index contributed by atoms with van der Waals surface area (Å²) in [5, 5.41) is 10.3. The molecule has 36 heavy (non-hydrogen) atoms. The number of hydrogen-bond acceptors (Lipinski definition) is 8. The molecule has 10 nitrogen and oxygen atoms in total. The number of likely N-dealkylation sites (tertiary alicyclic amines) is 1. The summed E-state index contributed by atoms with van der Waals surface area (Å²) in [5.74, 6) is -0.138. The topological polar surface area (TPSA) is 100 Å². The van der Waals surface area contributed by atoms with Crippen LogP contribution in [0.2, 0.25) is 0 Å². The van der Waals surface area contributed by atoms with Crippen molar-refractivity contribution in [3.05, 3.63) is 23.7 Å². The summed E-state index contributed by atoms with van der Waals surface area (Å²) < 4.78 is 47.8. The highest BCUT2D eigenvalue weighted by atomic mass is 19.4. The van der Waals surface area contributed by atoms with Gasteiger partial charge in [0.05, 0.1) is 31.1 Å². The molecule has 2 aromatic rings. The largest absolute Gasteiger partial charge is 0.421 e. The molecule has 2 fully saturated rings. The summed E-state index contributed by atoms with van der Waals surface area (Å²) in [6.07, 6.45) is 0.904. The van der Waals surface area contributed by atoms with Gasteiger partial charge in [0.1, 0.15) is 11.4 Å². The maximum Gasteiger partial charge on any atom is 0.421 e. The smallest absolute Gasteiger partial charge is 0.379 e. The van der Waals surface area contributed by atoms with Crippen molar-refractivity contribution in [3.63, 3.8) is 0 Å². The van der Waals surface area contributed by atoms with E-state index in [2.05, 4.69) is 30.6 Å². The predicted octanol–water partition coefficient (Wildman–Crippen LogP) is 2.89. The molecule has 1 amide bonds. The number of aryl methyl sites for hydroxylation is 1. The highest BCUT2D eigenvalue weighted by Gasteiger charge is 2.35. The van der Waals surface area contributed by atoms with Crippen molar-refractivity contribution in [1.82, 2.24) is 29.5 Å². The number of carbonyl (C=O) groups excluding carboxylic acids is 1. The number of anilines is 3. The number of rotatable bonds is 10. The Morgan fingerprint density at radius 3 is 2.67 bits per heavy atom. The quantitative estimate of drug-likeness (QED) is 0.471. The van der Waals surface area contributed by atoms with Crippen LogP contribution in [0.4, 0.5) is 30.6 Å². The molecular weight excluding hydrogens is 477 g/mol. The minimum Gasteiger partial charge on any atom is -0.379 e. The molecule has 0 aliphatic carbocycles. The van der Waals surface area contributed by atoms with Crippen molar-refractivity contribution in [2.75, 3.05) is 63.1 Å². The molecule has 2 saturated heterocycles. The van der Waals surface area contributed by atoms with Crippen molar-refractivity contribution < 1.29 is 22.7 Å². The summed E-state index contributed by atoms with van der Waals surface area (Å²) in [7, 11) is 0. The summed E-state index contributed by atoms with van der Waals surface area (Å²) in [4.78, 5) is 24.0. The first kappa shape index (κ1) is 26.1. The molecule has 0 radical (unpaired) electrons. The standard InChI is InChI=1S/C23H33F3N8O2/c1-17-19(16-34(31-17)10-9-32-11-13-36-14-12-32)29-22-28-15-18(23(24,25)26)21(30-22)27-6-4-8-33-7-3-2-5-20(33)35/h15-16H,2-14H2,1H3,(H2,27,28,29,30). The molecule has 0 bridgehead atoms. The van der Waals surface area contributed by atoms with E-state index in [1.807, 2.05) is 6.92 Å². The van der Waals surface area contributed by atoms with E-state index in [1.165, 1.54) is 0 Å². The predicted molar refractivity (Wildman–Crippen MR) is 128 cm³/mol. The lowest BCUT2D eigenvalue weighted by atomic mass is 10.1. The van der Waals surface area contributed by atoms with Crippen LogP contribution in [0.5, 0.6) is 0 Å². The number of alkyl halides is 3. The average molecular weight is 511 g/mol. The Labute approximate surface area is 208 Å². The Hall–Kier alpha value is -2.93. The molecule has 0 spiro atoms. The van der Waals surface area contributed by atoms with Gasteiger partial charge in [-0.3, -0.25) is 14.4 Å². The third kappa shape index (κ3) is 7.06.